The highest BCUT2D eigenvalue weighted by atomic mass is 35.5. The summed E-state index contributed by atoms with van der Waals surface area (Å²) in [5.41, 5.74) is 2.90. The van der Waals surface area contributed by atoms with Crippen molar-refractivity contribution in [2.45, 2.75) is 38.6 Å². The van der Waals surface area contributed by atoms with E-state index in [4.69, 9.17) is 23.2 Å². The van der Waals surface area contributed by atoms with Crippen LogP contribution >= 0.6 is 23.2 Å². The van der Waals surface area contributed by atoms with Crippen LogP contribution in [0.4, 0.5) is 0 Å². The molecule has 0 radical (unpaired) electrons. The van der Waals surface area contributed by atoms with Crippen molar-refractivity contribution < 1.29 is 9.59 Å². The normalized spacial score (nSPS) is 14.8. The van der Waals surface area contributed by atoms with E-state index in [0.717, 1.165) is 19.3 Å². The van der Waals surface area contributed by atoms with Gasteiger partial charge in [-0.3, -0.25) is 9.59 Å². The van der Waals surface area contributed by atoms with Crippen molar-refractivity contribution in [3.63, 3.8) is 0 Å². The number of hydrogen-bond acceptors (Lipinski definition) is 2. The number of rotatable bonds is 5. The number of nitrogens with zero attached hydrogens (tertiary/aromatic N) is 1. The minimum atomic E-state index is -0.164. The second-order valence-electron chi connectivity index (χ2n) is 7.24. The molecule has 0 spiro atoms. The van der Waals surface area contributed by atoms with Gasteiger partial charge in [-0.25, -0.2) is 0 Å². The third-order valence-corrected chi connectivity index (χ3v) is 5.85. The Bertz CT molecular complexity index is 844. The van der Waals surface area contributed by atoms with Crippen LogP contribution in [0, 0.1) is 6.92 Å². The molecule has 4 nitrogen and oxygen atoms in total. The molecule has 0 saturated carbocycles. The topological polar surface area (TPSA) is 49.4 Å². The van der Waals surface area contributed by atoms with Gasteiger partial charge in [0.1, 0.15) is 0 Å². The van der Waals surface area contributed by atoms with Crippen molar-refractivity contribution in [2.75, 3.05) is 13.1 Å². The van der Waals surface area contributed by atoms with Gasteiger partial charge >= 0.3 is 0 Å². The van der Waals surface area contributed by atoms with Crippen LogP contribution in [0.1, 0.15) is 40.7 Å². The molecule has 1 N–H and O–H groups in total. The van der Waals surface area contributed by atoms with E-state index in [-0.39, 0.29) is 17.9 Å². The van der Waals surface area contributed by atoms with Crippen LogP contribution in [0.15, 0.2) is 42.5 Å². The van der Waals surface area contributed by atoms with Gasteiger partial charge in [-0.15, -0.1) is 0 Å². The molecular weight excluding hydrogens is 395 g/mol. The van der Waals surface area contributed by atoms with Crippen molar-refractivity contribution in [3.8, 4) is 0 Å². The number of nitrogens with one attached hydrogen (secondary N) is 1. The number of aryl methyl sites for hydroxylation is 2. The second-order valence-corrected chi connectivity index (χ2v) is 8.06. The molecular formula is C22H24Cl2N2O2. The van der Waals surface area contributed by atoms with E-state index in [0.29, 0.717) is 35.1 Å². The lowest BCUT2D eigenvalue weighted by Crippen LogP contribution is -2.46. The summed E-state index contributed by atoms with van der Waals surface area (Å²) >= 11 is 11.9. The number of benzene rings is 2. The summed E-state index contributed by atoms with van der Waals surface area (Å²) in [6.45, 7) is 3.39. The Hall–Kier alpha value is -2.04. The molecule has 6 heteroatoms. The highest BCUT2D eigenvalue weighted by molar-refractivity contribution is 6.42. The lowest BCUT2D eigenvalue weighted by Gasteiger charge is -2.32. The number of piperidine rings is 1. The highest BCUT2D eigenvalue weighted by Gasteiger charge is 2.24. The zero-order valence-electron chi connectivity index (χ0n) is 15.9. The highest BCUT2D eigenvalue weighted by Crippen LogP contribution is 2.23. The first kappa shape index (κ1) is 20.7. The van der Waals surface area contributed by atoms with E-state index in [9.17, 15) is 9.59 Å². The maximum atomic E-state index is 12.5. The fourth-order valence-corrected chi connectivity index (χ4v) is 3.64. The van der Waals surface area contributed by atoms with Crippen LogP contribution < -0.4 is 5.32 Å². The third kappa shape index (κ3) is 5.49. The van der Waals surface area contributed by atoms with Crippen molar-refractivity contribution in [3.05, 3.63) is 69.2 Å². The van der Waals surface area contributed by atoms with E-state index in [1.165, 1.54) is 11.1 Å². The summed E-state index contributed by atoms with van der Waals surface area (Å²) < 4.78 is 0. The molecule has 1 saturated heterocycles. The number of hydrogen-bond donors (Lipinski definition) is 1. The van der Waals surface area contributed by atoms with E-state index >= 15 is 0 Å². The van der Waals surface area contributed by atoms with Crippen LogP contribution in [0.25, 0.3) is 0 Å². The molecule has 0 unspecified atom stereocenters. The van der Waals surface area contributed by atoms with Gasteiger partial charge in [0.2, 0.25) is 5.91 Å². The summed E-state index contributed by atoms with van der Waals surface area (Å²) in [7, 11) is 0. The van der Waals surface area contributed by atoms with Crippen molar-refractivity contribution in [1.29, 1.82) is 0 Å². The minimum absolute atomic E-state index is 0.0584. The van der Waals surface area contributed by atoms with Gasteiger partial charge in [-0.2, -0.15) is 0 Å². The van der Waals surface area contributed by atoms with Gasteiger partial charge in [0.15, 0.2) is 0 Å². The number of carbonyl (C=O) groups is 2. The number of likely N-dealkylation sites (tertiary alicyclic amines) is 1. The molecule has 3 rings (SSSR count). The predicted molar refractivity (Wildman–Crippen MR) is 113 cm³/mol. The molecule has 0 aliphatic carbocycles. The van der Waals surface area contributed by atoms with Gasteiger partial charge < -0.3 is 10.2 Å². The molecule has 0 bridgehead atoms. The minimum Gasteiger partial charge on any atom is -0.349 e. The average Bonchev–Trinajstić information content (AvgIpc) is 2.70. The van der Waals surface area contributed by atoms with E-state index in [2.05, 4.69) is 36.5 Å². The number of halogens is 2. The standard InChI is InChI=1S/C22H24Cl2N2O2/c1-15-2-4-16(5-3-15)6-9-21(27)26-12-10-18(11-13-26)25-22(28)17-7-8-19(23)20(24)14-17/h2-5,7-8,14,18H,6,9-13H2,1H3,(H,25,28). The van der Waals surface area contributed by atoms with E-state index < -0.39 is 0 Å². The lowest BCUT2D eigenvalue weighted by molar-refractivity contribution is -0.132. The lowest BCUT2D eigenvalue weighted by atomic mass is 10.0. The quantitative estimate of drug-likeness (QED) is 0.767. The van der Waals surface area contributed by atoms with Crippen molar-refractivity contribution in [2.24, 2.45) is 0 Å². The SMILES string of the molecule is Cc1ccc(CCC(=O)N2CCC(NC(=O)c3ccc(Cl)c(Cl)c3)CC2)cc1. The van der Waals surface area contributed by atoms with Gasteiger partial charge in [-0.1, -0.05) is 53.0 Å². The molecule has 2 aromatic carbocycles. The first-order chi connectivity index (χ1) is 13.4. The van der Waals surface area contributed by atoms with Gasteiger partial charge in [0.05, 0.1) is 10.0 Å². The Kier molecular flexibility index (Phi) is 6.97. The largest absolute Gasteiger partial charge is 0.349 e. The van der Waals surface area contributed by atoms with Crippen LogP contribution in [0.3, 0.4) is 0 Å². The number of amides is 2. The second kappa shape index (κ2) is 9.44. The first-order valence-corrected chi connectivity index (χ1v) is 10.3. The zero-order chi connectivity index (χ0) is 20.1. The Morgan fingerprint density at radius 3 is 2.36 bits per heavy atom. The van der Waals surface area contributed by atoms with E-state index in [1.54, 1.807) is 18.2 Å². The molecule has 28 heavy (non-hydrogen) atoms. The van der Waals surface area contributed by atoms with Gasteiger partial charge in [0.25, 0.3) is 5.91 Å². The predicted octanol–water partition coefficient (Wildman–Crippen LogP) is 4.66. The monoisotopic (exact) mass is 418 g/mol. The molecule has 1 aliphatic heterocycles. The summed E-state index contributed by atoms with van der Waals surface area (Å²) in [5, 5.41) is 3.82. The Morgan fingerprint density at radius 2 is 1.71 bits per heavy atom. The molecule has 1 aliphatic rings. The molecule has 2 amide bonds. The first-order valence-electron chi connectivity index (χ1n) is 9.51. The molecule has 2 aromatic rings. The summed E-state index contributed by atoms with van der Waals surface area (Å²) in [6.07, 6.45) is 2.78. The van der Waals surface area contributed by atoms with E-state index in [1.807, 2.05) is 4.90 Å². The fourth-order valence-electron chi connectivity index (χ4n) is 3.34. The van der Waals surface area contributed by atoms with Crippen molar-refractivity contribution in [1.82, 2.24) is 10.2 Å². The molecule has 148 valence electrons. The van der Waals surface area contributed by atoms with Crippen LogP contribution in [-0.2, 0) is 11.2 Å². The third-order valence-electron chi connectivity index (χ3n) is 5.11. The van der Waals surface area contributed by atoms with Gasteiger partial charge in [0, 0.05) is 31.1 Å². The van der Waals surface area contributed by atoms with Gasteiger partial charge in [-0.05, 0) is 49.9 Å². The summed E-state index contributed by atoms with van der Waals surface area (Å²) in [6, 6.07) is 13.2. The summed E-state index contributed by atoms with van der Waals surface area (Å²) in [4.78, 5) is 26.8. The van der Waals surface area contributed by atoms with Crippen LogP contribution in [-0.4, -0.2) is 35.8 Å². The summed E-state index contributed by atoms with van der Waals surface area (Å²) in [5.74, 6) is 0.0116. The smallest absolute Gasteiger partial charge is 0.251 e. The maximum absolute atomic E-state index is 12.5. The Labute approximate surface area is 175 Å². The van der Waals surface area contributed by atoms with Crippen molar-refractivity contribution >= 4 is 35.0 Å². The molecule has 0 aromatic heterocycles. The average molecular weight is 419 g/mol. The fraction of sp³-hybridized carbons (Fsp3) is 0.364. The van der Waals surface area contributed by atoms with Crippen LogP contribution in [0.5, 0.6) is 0 Å². The number of carbonyl (C=O) groups excluding carboxylic acids is 2. The molecule has 0 atom stereocenters. The molecule has 1 heterocycles. The Balaban J connectivity index is 1.44. The zero-order valence-corrected chi connectivity index (χ0v) is 17.4. The maximum Gasteiger partial charge on any atom is 0.251 e. The molecule has 1 fully saturated rings. The Morgan fingerprint density at radius 1 is 1.04 bits per heavy atom. The van der Waals surface area contributed by atoms with Crippen LogP contribution in [0.2, 0.25) is 10.0 Å².